The largest absolute Gasteiger partial charge is 0.487 e. The Bertz CT molecular complexity index is 1510. The predicted molar refractivity (Wildman–Crippen MR) is 193 cm³/mol. The quantitative estimate of drug-likeness (QED) is 0.115. The zero-order valence-electron chi connectivity index (χ0n) is 26.4. The molecular weight excluding hydrogens is 686 g/mol. The highest BCUT2D eigenvalue weighted by Gasteiger charge is 2.17. The van der Waals surface area contributed by atoms with Crippen molar-refractivity contribution in [3.63, 3.8) is 0 Å². The minimum atomic E-state index is 0.269. The molecule has 0 spiro atoms. The summed E-state index contributed by atoms with van der Waals surface area (Å²) in [6.45, 7) is 12.6. The standard InChI is InChI=1S/C15H16IN4PS.C13H16N2O.C5H12/c1-9-8-12(19-11-6-4-5-7-13(11)22-3)14-15(17-9)20(21-16)10(2)18-14;1-10-7-8-13(12(9-14)15-10)16-11-5-3-2-4-6-11;1-4-5(2)3/h4-8,21H,1-3H3,(H,17,19);7-8,11H,2-6H2,1H3;5H,4H2,1-3H3. The van der Waals surface area contributed by atoms with Gasteiger partial charge in [0.2, 0.25) is 0 Å². The first-order chi connectivity index (χ1) is 20.7. The minimum absolute atomic E-state index is 0.269. The van der Waals surface area contributed by atoms with Gasteiger partial charge in [0.25, 0.3) is 0 Å². The van der Waals surface area contributed by atoms with E-state index >= 15 is 0 Å². The fourth-order valence-electron chi connectivity index (χ4n) is 4.45. The second kappa shape index (κ2) is 17.8. The van der Waals surface area contributed by atoms with Gasteiger partial charge in [-0.1, -0.05) is 45.7 Å². The zero-order valence-corrected chi connectivity index (χ0v) is 30.3. The Hall–Kier alpha value is -2.41. The van der Waals surface area contributed by atoms with E-state index in [-0.39, 0.29) is 6.10 Å². The number of thioether (sulfide) groups is 1. The summed E-state index contributed by atoms with van der Waals surface area (Å²) < 4.78 is 8.01. The molecule has 1 aliphatic rings. The summed E-state index contributed by atoms with van der Waals surface area (Å²) in [4.78, 5) is 14.8. The van der Waals surface area contributed by atoms with E-state index in [4.69, 9.17) is 15.0 Å². The number of para-hydroxylation sites is 1. The maximum Gasteiger partial charge on any atom is 0.182 e. The molecule has 10 heteroatoms. The number of aromatic nitrogens is 4. The van der Waals surface area contributed by atoms with Crippen LogP contribution in [-0.2, 0) is 0 Å². The number of hydrogen-bond donors (Lipinski definition) is 1. The lowest BCUT2D eigenvalue weighted by Crippen LogP contribution is -2.20. The summed E-state index contributed by atoms with van der Waals surface area (Å²) in [5.74, 6) is 2.53. The Morgan fingerprint density at radius 3 is 2.37 bits per heavy atom. The molecule has 1 aliphatic carbocycles. The highest BCUT2D eigenvalue weighted by Crippen LogP contribution is 2.35. The van der Waals surface area contributed by atoms with Crippen molar-refractivity contribution in [2.75, 3.05) is 11.6 Å². The Morgan fingerprint density at radius 1 is 1.05 bits per heavy atom. The fraction of sp³-hybridized carbons (Fsp3) is 0.455. The second-order valence-electron chi connectivity index (χ2n) is 11.0. The number of nitriles is 1. The smallest absolute Gasteiger partial charge is 0.182 e. The van der Waals surface area contributed by atoms with Crippen LogP contribution in [0.2, 0.25) is 0 Å². The molecule has 4 aromatic rings. The van der Waals surface area contributed by atoms with Crippen molar-refractivity contribution in [1.82, 2.24) is 19.3 Å². The number of ether oxygens (including phenoxy) is 1. The average molecular weight is 731 g/mol. The summed E-state index contributed by atoms with van der Waals surface area (Å²) in [7, 11) is 0. The lowest BCUT2D eigenvalue weighted by molar-refractivity contribution is 0.154. The van der Waals surface area contributed by atoms with E-state index in [9.17, 15) is 0 Å². The van der Waals surface area contributed by atoms with Crippen molar-refractivity contribution in [3.8, 4) is 11.8 Å². The van der Waals surface area contributed by atoms with Crippen LogP contribution >= 0.6 is 40.2 Å². The van der Waals surface area contributed by atoms with Crippen LogP contribution in [0.5, 0.6) is 5.75 Å². The van der Waals surface area contributed by atoms with Crippen LogP contribution in [0, 0.1) is 38.0 Å². The number of nitrogens with one attached hydrogen (secondary N) is 1. The van der Waals surface area contributed by atoms with Crippen LogP contribution in [-0.4, -0.2) is 31.6 Å². The van der Waals surface area contributed by atoms with Gasteiger partial charge in [-0.3, -0.25) is 4.34 Å². The number of nitrogens with zero attached hydrogens (tertiary/aromatic N) is 5. The molecule has 1 fully saturated rings. The Labute approximate surface area is 276 Å². The number of halogens is 1. The number of hydrogen-bond acceptors (Lipinski definition) is 7. The number of anilines is 2. The SMILES string of the molecule is CCC(C)C.CSc1ccccc1Nc1cc(C)nc2c1nc(C)n2PI.Cc1ccc(OC2CCCCC2)c(C#N)n1. The van der Waals surface area contributed by atoms with Gasteiger partial charge in [-0.05, 0) is 111 Å². The van der Waals surface area contributed by atoms with Crippen LogP contribution in [0.3, 0.4) is 0 Å². The molecule has 0 aliphatic heterocycles. The van der Waals surface area contributed by atoms with E-state index in [1.54, 1.807) is 11.8 Å². The second-order valence-corrected chi connectivity index (χ2v) is 13.9. The third-order valence-corrected chi connectivity index (χ3v) is 10.1. The van der Waals surface area contributed by atoms with Gasteiger partial charge in [0.05, 0.1) is 23.9 Å². The molecule has 0 radical (unpaired) electrons. The molecule has 1 saturated carbocycles. The molecule has 5 rings (SSSR count). The molecule has 0 amide bonds. The first-order valence-corrected chi connectivity index (χ1v) is 20.2. The van der Waals surface area contributed by atoms with E-state index in [2.05, 4.69) is 99.0 Å². The van der Waals surface area contributed by atoms with Gasteiger partial charge in [0.15, 0.2) is 17.1 Å². The highest BCUT2D eigenvalue weighted by atomic mass is 127. The normalized spacial score (nSPS) is 13.3. The van der Waals surface area contributed by atoms with E-state index in [0.717, 1.165) is 58.5 Å². The first kappa shape index (κ1) is 35.1. The lowest BCUT2D eigenvalue weighted by Gasteiger charge is -2.23. The summed E-state index contributed by atoms with van der Waals surface area (Å²) in [6.07, 6.45) is 10.2. The summed E-state index contributed by atoms with van der Waals surface area (Å²) >= 11 is 4.10. The van der Waals surface area contributed by atoms with E-state index in [0.29, 0.717) is 17.8 Å². The van der Waals surface area contributed by atoms with Crippen molar-refractivity contribution >= 4 is 62.7 Å². The van der Waals surface area contributed by atoms with E-state index in [1.165, 1.54) is 30.6 Å². The molecule has 230 valence electrons. The summed E-state index contributed by atoms with van der Waals surface area (Å²) in [6, 6.07) is 16.2. The lowest BCUT2D eigenvalue weighted by atomic mass is 9.98. The molecule has 7 nitrogen and oxygen atoms in total. The van der Waals surface area contributed by atoms with E-state index in [1.807, 2.05) is 39.0 Å². The Morgan fingerprint density at radius 2 is 1.74 bits per heavy atom. The molecule has 0 saturated heterocycles. The number of imidazole rings is 1. The van der Waals surface area contributed by atoms with Crippen LogP contribution in [0.25, 0.3) is 11.2 Å². The first-order valence-electron chi connectivity index (χ1n) is 14.9. The van der Waals surface area contributed by atoms with Crippen molar-refractivity contribution in [3.05, 3.63) is 65.4 Å². The molecule has 3 heterocycles. The Balaban J connectivity index is 0.000000211. The van der Waals surface area contributed by atoms with Gasteiger partial charge >= 0.3 is 0 Å². The predicted octanol–water partition coefficient (Wildman–Crippen LogP) is 10.3. The molecule has 1 atom stereocenters. The minimum Gasteiger partial charge on any atom is -0.487 e. The molecule has 3 aromatic heterocycles. The number of rotatable bonds is 7. The third-order valence-electron chi connectivity index (χ3n) is 7.14. The maximum absolute atomic E-state index is 8.98. The van der Waals surface area contributed by atoms with Crippen molar-refractivity contribution in [1.29, 1.82) is 5.26 Å². The van der Waals surface area contributed by atoms with Gasteiger partial charge in [-0.15, -0.1) is 11.8 Å². The van der Waals surface area contributed by atoms with Crippen LogP contribution in [0.15, 0.2) is 47.4 Å². The van der Waals surface area contributed by atoms with Crippen molar-refractivity contribution in [2.45, 2.75) is 91.1 Å². The molecule has 1 aromatic carbocycles. The molecular formula is C33H44IN6OPS. The van der Waals surface area contributed by atoms with Gasteiger partial charge < -0.3 is 10.1 Å². The van der Waals surface area contributed by atoms with Crippen molar-refractivity contribution in [2.24, 2.45) is 5.92 Å². The molecule has 1 unspecified atom stereocenters. The summed E-state index contributed by atoms with van der Waals surface area (Å²) in [5.41, 5.74) is 6.26. The van der Waals surface area contributed by atoms with Crippen LogP contribution in [0.4, 0.5) is 11.4 Å². The number of benzene rings is 1. The number of fused-ring (bicyclic) bond motifs is 1. The van der Waals surface area contributed by atoms with Crippen LogP contribution in [0.1, 0.15) is 82.2 Å². The topological polar surface area (TPSA) is 88.6 Å². The highest BCUT2D eigenvalue weighted by molar-refractivity contribution is 14.2. The zero-order chi connectivity index (χ0) is 31.4. The van der Waals surface area contributed by atoms with Gasteiger partial charge in [0, 0.05) is 16.3 Å². The number of aryl methyl sites for hydroxylation is 3. The van der Waals surface area contributed by atoms with Gasteiger partial charge in [-0.2, -0.15) is 5.26 Å². The van der Waals surface area contributed by atoms with Gasteiger partial charge in [0.1, 0.15) is 17.4 Å². The van der Waals surface area contributed by atoms with E-state index < -0.39 is 0 Å². The average Bonchev–Trinajstić information content (AvgIpc) is 3.34. The summed E-state index contributed by atoms with van der Waals surface area (Å²) in [5, 5.41) is 12.5. The third kappa shape index (κ3) is 10.3. The maximum atomic E-state index is 8.98. The molecule has 0 bridgehead atoms. The fourth-order valence-corrected chi connectivity index (χ4v) is 7.15. The Kier molecular flexibility index (Phi) is 14.5. The molecule has 43 heavy (non-hydrogen) atoms. The van der Waals surface area contributed by atoms with Gasteiger partial charge in [-0.25, -0.2) is 15.0 Å². The van der Waals surface area contributed by atoms with Crippen LogP contribution < -0.4 is 10.1 Å². The number of pyridine rings is 2. The molecule has 1 N–H and O–H groups in total. The van der Waals surface area contributed by atoms with Crippen molar-refractivity contribution < 1.29 is 4.74 Å². The monoisotopic (exact) mass is 730 g/mol.